The molecule has 1 aromatic rings. The van der Waals surface area contributed by atoms with Crippen molar-refractivity contribution in [3.05, 3.63) is 47.6 Å². The summed E-state index contributed by atoms with van der Waals surface area (Å²) >= 11 is 0. The van der Waals surface area contributed by atoms with E-state index in [1.807, 2.05) is 19.9 Å². The molecule has 11 heteroatoms. The standard InChI is InChI=1S/C43H60O11/c1-7-9-13-37(47)54-43(21-19-32-31-16-15-29-24-30(44)18-20-41(29,4)38(31)33(45)25-42(32,43)5)36(46)26-52-40(49)53-34-17-14-28(23-35(34)50-6)39(48)51-22-11-10-12-27(3)8-2/h14,17-18,20,23-24,27,31-33,38,40,45,49H,7-13,15-16,19,21-22,25-26H2,1-6H3. The third-order valence-electron chi connectivity index (χ3n) is 13.1. The zero-order chi connectivity index (χ0) is 39.3. The van der Waals surface area contributed by atoms with Gasteiger partial charge in [-0.05, 0) is 99.5 Å². The molecular formula is C43H60O11. The van der Waals surface area contributed by atoms with Crippen LogP contribution in [0.2, 0.25) is 0 Å². The topological polar surface area (TPSA) is 155 Å². The number of aliphatic hydroxyl groups excluding tert-OH is 2. The first-order chi connectivity index (χ1) is 25.7. The van der Waals surface area contributed by atoms with Crippen molar-refractivity contribution >= 4 is 23.5 Å². The molecule has 54 heavy (non-hydrogen) atoms. The van der Waals surface area contributed by atoms with E-state index in [-0.39, 0.29) is 59.9 Å². The highest BCUT2D eigenvalue weighted by molar-refractivity contribution is 6.01. The summed E-state index contributed by atoms with van der Waals surface area (Å²) in [7, 11) is 1.40. The van der Waals surface area contributed by atoms with Crippen molar-refractivity contribution < 1.29 is 53.1 Å². The quantitative estimate of drug-likeness (QED) is 0.0900. The predicted octanol–water partition coefficient (Wildman–Crippen LogP) is 7.06. The number of benzene rings is 1. The Morgan fingerprint density at radius 1 is 1.06 bits per heavy atom. The van der Waals surface area contributed by atoms with Gasteiger partial charge in [-0.1, -0.05) is 65.5 Å². The van der Waals surface area contributed by atoms with Gasteiger partial charge in [0.15, 0.2) is 22.9 Å². The minimum atomic E-state index is -1.89. The lowest BCUT2D eigenvalue weighted by atomic mass is 9.46. The van der Waals surface area contributed by atoms with Gasteiger partial charge in [0.2, 0.25) is 5.78 Å². The van der Waals surface area contributed by atoms with Crippen LogP contribution >= 0.6 is 0 Å². The molecule has 0 saturated heterocycles. The number of fused-ring (bicyclic) bond motifs is 5. The van der Waals surface area contributed by atoms with Crippen LogP contribution in [0.25, 0.3) is 0 Å². The molecule has 0 radical (unpaired) electrons. The monoisotopic (exact) mass is 752 g/mol. The summed E-state index contributed by atoms with van der Waals surface area (Å²) in [4.78, 5) is 52.7. The maximum Gasteiger partial charge on any atom is 0.338 e. The Bertz CT molecular complexity index is 1600. The van der Waals surface area contributed by atoms with Gasteiger partial charge in [0.25, 0.3) is 0 Å². The number of ketones is 2. The number of unbranched alkanes of at least 4 members (excludes halogenated alkanes) is 2. The molecule has 0 aliphatic heterocycles. The lowest BCUT2D eigenvalue weighted by molar-refractivity contribution is -0.227. The number of hydrogen-bond donors (Lipinski definition) is 2. The molecular weight excluding hydrogens is 692 g/mol. The van der Waals surface area contributed by atoms with Crippen LogP contribution in [-0.2, 0) is 28.6 Å². The Hall–Kier alpha value is -3.54. The maximum absolute atomic E-state index is 14.4. The van der Waals surface area contributed by atoms with E-state index in [2.05, 4.69) is 20.8 Å². The van der Waals surface area contributed by atoms with Crippen molar-refractivity contribution in [1.29, 1.82) is 0 Å². The highest BCUT2D eigenvalue weighted by atomic mass is 16.8. The highest BCUT2D eigenvalue weighted by Gasteiger charge is 2.70. The Kier molecular flexibility index (Phi) is 13.5. The van der Waals surface area contributed by atoms with E-state index in [0.29, 0.717) is 31.8 Å². The van der Waals surface area contributed by atoms with E-state index in [1.165, 1.54) is 25.3 Å². The number of esters is 2. The molecule has 298 valence electrons. The molecule has 0 heterocycles. The Labute approximate surface area is 319 Å². The number of carbonyl (C=O) groups excluding carboxylic acids is 4. The van der Waals surface area contributed by atoms with Crippen molar-refractivity contribution in [3.8, 4) is 11.5 Å². The van der Waals surface area contributed by atoms with Crippen LogP contribution in [0.1, 0.15) is 122 Å². The predicted molar refractivity (Wildman–Crippen MR) is 201 cm³/mol. The average Bonchev–Trinajstić information content (AvgIpc) is 3.44. The van der Waals surface area contributed by atoms with Gasteiger partial charge < -0.3 is 33.9 Å². The largest absolute Gasteiger partial charge is 0.493 e. The number of methoxy groups -OCH3 is 1. The molecule has 9 atom stereocenters. The van der Waals surface area contributed by atoms with Crippen molar-refractivity contribution in [2.75, 3.05) is 20.3 Å². The summed E-state index contributed by atoms with van der Waals surface area (Å²) < 4.78 is 28.3. The smallest absolute Gasteiger partial charge is 0.338 e. The number of rotatable bonds is 18. The Morgan fingerprint density at radius 2 is 1.83 bits per heavy atom. The number of aliphatic hydroxyl groups is 2. The van der Waals surface area contributed by atoms with Crippen LogP contribution in [0.3, 0.4) is 0 Å². The number of ether oxygens (including phenoxy) is 5. The van der Waals surface area contributed by atoms with Gasteiger partial charge in [-0.2, -0.15) is 0 Å². The first kappa shape index (κ1) is 41.6. The number of allylic oxidation sites excluding steroid dienone is 4. The fourth-order valence-corrected chi connectivity index (χ4v) is 9.91. The molecule has 5 rings (SSSR count). The molecule has 9 unspecified atom stereocenters. The Balaban J connectivity index is 1.28. The molecule has 0 bridgehead atoms. The van der Waals surface area contributed by atoms with E-state index < -0.39 is 53.3 Å². The van der Waals surface area contributed by atoms with Crippen molar-refractivity contribution in [1.82, 2.24) is 0 Å². The van der Waals surface area contributed by atoms with E-state index in [1.54, 1.807) is 12.2 Å². The van der Waals surface area contributed by atoms with Crippen molar-refractivity contribution in [2.45, 2.75) is 130 Å². The molecule has 1 aromatic carbocycles. The van der Waals surface area contributed by atoms with E-state index >= 15 is 0 Å². The second-order valence-electron chi connectivity index (χ2n) is 16.3. The third kappa shape index (κ3) is 8.33. The minimum Gasteiger partial charge on any atom is -0.493 e. The summed E-state index contributed by atoms with van der Waals surface area (Å²) in [5.41, 5.74) is -1.69. The molecule has 3 fully saturated rings. The highest BCUT2D eigenvalue weighted by Crippen LogP contribution is 2.68. The van der Waals surface area contributed by atoms with Crippen LogP contribution < -0.4 is 9.47 Å². The molecule has 0 spiro atoms. The SMILES string of the molecule is CCCCC(=O)OC1(C(=O)COC(O)Oc2ccc(C(=O)OCCCCC(C)CC)cc2OC)CCC2C3CCC4=CC(=O)C=CC4(C)C3C(O)CC21C. The molecule has 2 N–H and O–H groups in total. The fraction of sp³-hybridized carbons (Fsp3) is 0.674. The van der Waals surface area contributed by atoms with Gasteiger partial charge >= 0.3 is 18.4 Å². The van der Waals surface area contributed by atoms with Crippen molar-refractivity contribution in [3.63, 3.8) is 0 Å². The minimum absolute atomic E-state index is 0.0277. The number of carbonyl (C=O) groups is 4. The zero-order valence-corrected chi connectivity index (χ0v) is 32.9. The third-order valence-corrected chi connectivity index (χ3v) is 13.1. The van der Waals surface area contributed by atoms with Crippen LogP contribution in [0.5, 0.6) is 11.5 Å². The first-order valence-electron chi connectivity index (χ1n) is 19.9. The van der Waals surface area contributed by atoms with Gasteiger partial charge in [-0.25, -0.2) is 4.79 Å². The summed E-state index contributed by atoms with van der Waals surface area (Å²) in [5, 5.41) is 22.7. The summed E-state index contributed by atoms with van der Waals surface area (Å²) in [6.07, 6.45) is 12.4. The van der Waals surface area contributed by atoms with Gasteiger partial charge in [-0.3, -0.25) is 14.4 Å². The fourth-order valence-electron chi connectivity index (χ4n) is 9.91. The van der Waals surface area contributed by atoms with Crippen LogP contribution in [0, 0.1) is 34.5 Å². The van der Waals surface area contributed by atoms with Gasteiger partial charge in [0.1, 0.15) is 6.61 Å². The molecule has 3 saturated carbocycles. The van der Waals surface area contributed by atoms with Crippen molar-refractivity contribution in [2.24, 2.45) is 34.5 Å². The van der Waals surface area contributed by atoms with Gasteiger partial charge in [0.05, 0.1) is 25.4 Å². The zero-order valence-electron chi connectivity index (χ0n) is 32.9. The summed E-state index contributed by atoms with van der Waals surface area (Å²) in [5.74, 6) is -0.834. The van der Waals surface area contributed by atoms with Gasteiger partial charge in [0, 0.05) is 23.2 Å². The maximum atomic E-state index is 14.4. The lowest BCUT2D eigenvalue weighted by Crippen LogP contribution is -2.63. The van der Waals surface area contributed by atoms with E-state index in [0.717, 1.165) is 44.1 Å². The van der Waals surface area contributed by atoms with Crippen LogP contribution in [0.4, 0.5) is 0 Å². The average molecular weight is 753 g/mol. The number of Topliss-reactive ketones (excluding diaryl/α,β-unsaturated/α-hetero) is 1. The van der Waals surface area contributed by atoms with Crippen LogP contribution in [-0.4, -0.2) is 72.2 Å². The summed E-state index contributed by atoms with van der Waals surface area (Å²) in [6.45, 7) is 8.16. The summed E-state index contributed by atoms with van der Waals surface area (Å²) in [6, 6.07) is 4.40. The van der Waals surface area contributed by atoms with Gasteiger partial charge in [-0.15, -0.1) is 0 Å². The molecule has 0 amide bonds. The molecule has 4 aliphatic rings. The lowest BCUT2D eigenvalue weighted by Gasteiger charge is -2.59. The van der Waals surface area contributed by atoms with Crippen LogP contribution in [0.15, 0.2) is 42.0 Å². The molecule has 11 nitrogen and oxygen atoms in total. The van der Waals surface area contributed by atoms with E-state index in [9.17, 15) is 29.4 Å². The second-order valence-corrected chi connectivity index (χ2v) is 16.3. The Morgan fingerprint density at radius 3 is 2.56 bits per heavy atom. The number of hydrogen-bond acceptors (Lipinski definition) is 11. The molecule has 0 aromatic heterocycles. The first-order valence-corrected chi connectivity index (χ1v) is 19.9. The normalized spacial score (nSPS) is 31.0. The van der Waals surface area contributed by atoms with E-state index in [4.69, 9.17) is 23.7 Å². The molecule has 4 aliphatic carbocycles. The second kappa shape index (κ2) is 17.5.